The highest BCUT2D eigenvalue weighted by Gasteiger charge is 2.14. The van der Waals surface area contributed by atoms with E-state index in [-0.39, 0.29) is 0 Å². The van der Waals surface area contributed by atoms with Crippen LogP contribution in [-0.2, 0) is 13.5 Å². The second-order valence-electron chi connectivity index (χ2n) is 5.19. The summed E-state index contributed by atoms with van der Waals surface area (Å²) in [4.78, 5) is 0. The lowest BCUT2D eigenvalue weighted by Gasteiger charge is -2.07. The molecule has 2 heterocycles. The Labute approximate surface area is 117 Å². The molecule has 0 aliphatic heterocycles. The summed E-state index contributed by atoms with van der Waals surface area (Å²) in [6, 6.07) is 9.92. The summed E-state index contributed by atoms with van der Waals surface area (Å²) in [7, 11) is 1.91. The second kappa shape index (κ2) is 5.13. The average Bonchev–Trinajstić information content (AvgIpc) is 3.01. The number of aryl methyl sites for hydroxylation is 3. The molecule has 1 atom stereocenters. The molecule has 0 radical (unpaired) electrons. The third-order valence-electron chi connectivity index (χ3n) is 3.62. The average molecular weight is 270 g/mol. The van der Waals surface area contributed by atoms with Gasteiger partial charge in [-0.15, -0.1) is 0 Å². The van der Waals surface area contributed by atoms with Crippen molar-refractivity contribution in [3.63, 3.8) is 0 Å². The van der Waals surface area contributed by atoms with Crippen molar-refractivity contribution >= 4 is 11.0 Å². The molecule has 4 heteroatoms. The Hall–Kier alpha value is -2.07. The molecule has 0 fully saturated rings. The number of furan rings is 1. The first-order chi connectivity index (χ1) is 9.63. The Kier molecular flexibility index (Phi) is 3.32. The molecule has 0 aliphatic carbocycles. The van der Waals surface area contributed by atoms with Gasteiger partial charge in [-0.2, -0.15) is 5.10 Å². The predicted octanol–water partition coefficient (Wildman–Crippen LogP) is 3.14. The zero-order valence-corrected chi connectivity index (χ0v) is 11.7. The van der Waals surface area contributed by atoms with Gasteiger partial charge in [-0.25, -0.2) is 0 Å². The Morgan fingerprint density at radius 3 is 2.90 bits per heavy atom. The molecule has 1 N–H and O–H groups in total. The van der Waals surface area contributed by atoms with E-state index < -0.39 is 6.10 Å². The summed E-state index contributed by atoms with van der Waals surface area (Å²) in [5.41, 5.74) is 3.12. The van der Waals surface area contributed by atoms with Crippen LogP contribution in [-0.4, -0.2) is 14.9 Å². The van der Waals surface area contributed by atoms with Crippen molar-refractivity contribution in [3.05, 3.63) is 53.5 Å². The van der Waals surface area contributed by atoms with Crippen LogP contribution >= 0.6 is 0 Å². The van der Waals surface area contributed by atoms with Gasteiger partial charge in [0.1, 0.15) is 17.4 Å². The number of aromatic nitrogens is 2. The maximum absolute atomic E-state index is 10.3. The van der Waals surface area contributed by atoms with Crippen LogP contribution in [0.3, 0.4) is 0 Å². The number of rotatable bonds is 4. The zero-order chi connectivity index (χ0) is 14.1. The molecule has 0 saturated carbocycles. The largest absolute Gasteiger partial charge is 0.458 e. The molecule has 3 aromatic rings. The van der Waals surface area contributed by atoms with E-state index in [1.807, 2.05) is 42.9 Å². The van der Waals surface area contributed by atoms with Gasteiger partial charge >= 0.3 is 0 Å². The third kappa shape index (κ3) is 2.47. The van der Waals surface area contributed by atoms with Crippen molar-refractivity contribution in [3.8, 4) is 0 Å². The van der Waals surface area contributed by atoms with E-state index in [1.54, 1.807) is 6.20 Å². The summed E-state index contributed by atoms with van der Waals surface area (Å²) < 4.78 is 7.54. The number of benzene rings is 1. The summed E-state index contributed by atoms with van der Waals surface area (Å²) in [5.74, 6) is 0.632. The Morgan fingerprint density at radius 1 is 1.30 bits per heavy atom. The first kappa shape index (κ1) is 12.9. The standard InChI is InChI=1S/C16H18N2O2/c1-11-3-6-15-12(9-11)10-16(20-15)14(19)5-4-13-7-8-17-18(13)2/h3,6-10,14,19H,4-5H2,1-2H3. The third-order valence-corrected chi connectivity index (χ3v) is 3.62. The summed E-state index contributed by atoms with van der Waals surface area (Å²) in [6.45, 7) is 2.05. The SMILES string of the molecule is Cc1ccc2oc(C(O)CCc3ccnn3C)cc2c1. The lowest BCUT2D eigenvalue weighted by Crippen LogP contribution is -2.02. The van der Waals surface area contributed by atoms with Crippen molar-refractivity contribution in [1.82, 2.24) is 9.78 Å². The molecule has 104 valence electrons. The van der Waals surface area contributed by atoms with Crippen molar-refractivity contribution < 1.29 is 9.52 Å². The molecule has 20 heavy (non-hydrogen) atoms. The lowest BCUT2D eigenvalue weighted by atomic mass is 10.1. The first-order valence-electron chi connectivity index (χ1n) is 6.78. The van der Waals surface area contributed by atoms with Crippen molar-refractivity contribution in [2.45, 2.75) is 25.9 Å². The molecule has 1 aromatic carbocycles. The minimum Gasteiger partial charge on any atom is -0.458 e. The zero-order valence-electron chi connectivity index (χ0n) is 11.7. The monoisotopic (exact) mass is 270 g/mol. The topological polar surface area (TPSA) is 51.2 Å². The van der Waals surface area contributed by atoms with Gasteiger partial charge in [-0.3, -0.25) is 4.68 Å². The minimum atomic E-state index is -0.586. The van der Waals surface area contributed by atoms with E-state index in [4.69, 9.17) is 4.42 Å². The number of aliphatic hydroxyl groups excluding tert-OH is 1. The predicted molar refractivity (Wildman–Crippen MR) is 77.4 cm³/mol. The van der Waals surface area contributed by atoms with Crippen LogP contribution < -0.4 is 0 Å². The molecular weight excluding hydrogens is 252 g/mol. The van der Waals surface area contributed by atoms with Gasteiger partial charge in [0.15, 0.2) is 0 Å². The van der Waals surface area contributed by atoms with E-state index in [0.29, 0.717) is 12.2 Å². The minimum absolute atomic E-state index is 0.586. The molecule has 4 nitrogen and oxygen atoms in total. The Bertz CT molecular complexity index is 727. The highest BCUT2D eigenvalue weighted by atomic mass is 16.4. The Morgan fingerprint density at radius 2 is 2.15 bits per heavy atom. The number of aliphatic hydroxyl groups is 1. The highest BCUT2D eigenvalue weighted by Crippen LogP contribution is 2.27. The van der Waals surface area contributed by atoms with Crippen molar-refractivity contribution in [1.29, 1.82) is 0 Å². The molecule has 1 unspecified atom stereocenters. The normalized spacial score (nSPS) is 12.9. The van der Waals surface area contributed by atoms with Gasteiger partial charge in [0.2, 0.25) is 0 Å². The molecule has 0 saturated heterocycles. The van der Waals surface area contributed by atoms with E-state index in [0.717, 1.165) is 23.1 Å². The molecule has 0 spiro atoms. The summed E-state index contributed by atoms with van der Waals surface area (Å²) in [5, 5.41) is 15.4. The highest BCUT2D eigenvalue weighted by molar-refractivity contribution is 5.78. The summed E-state index contributed by atoms with van der Waals surface area (Å²) >= 11 is 0. The molecule has 2 aromatic heterocycles. The van der Waals surface area contributed by atoms with E-state index >= 15 is 0 Å². The van der Waals surface area contributed by atoms with Crippen LogP contribution in [0, 0.1) is 6.92 Å². The quantitative estimate of drug-likeness (QED) is 0.792. The van der Waals surface area contributed by atoms with Crippen LogP contribution in [0.2, 0.25) is 0 Å². The number of hydrogen-bond acceptors (Lipinski definition) is 3. The van der Waals surface area contributed by atoms with Gasteiger partial charge in [0.05, 0.1) is 0 Å². The van der Waals surface area contributed by atoms with Gasteiger partial charge in [0.25, 0.3) is 0 Å². The van der Waals surface area contributed by atoms with Crippen molar-refractivity contribution in [2.24, 2.45) is 7.05 Å². The molecule has 0 amide bonds. The number of hydrogen-bond donors (Lipinski definition) is 1. The van der Waals surface area contributed by atoms with Crippen LogP contribution in [0.4, 0.5) is 0 Å². The maximum atomic E-state index is 10.3. The maximum Gasteiger partial charge on any atom is 0.134 e. The fraction of sp³-hybridized carbons (Fsp3) is 0.312. The van der Waals surface area contributed by atoms with Gasteiger partial charge in [-0.1, -0.05) is 11.6 Å². The van der Waals surface area contributed by atoms with Crippen LogP contribution in [0.1, 0.15) is 29.5 Å². The first-order valence-corrected chi connectivity index (χ1v) is 6.78. The Balaban J connectivity index is 1.75. The smallest absolute Gasteiger partial charge is 0.134 e. The molecule has 0 bridgehead atoms. The summed E-state index contributed by atoms with van der Waals surface area (Å²) in [6.07, 6.45) is 2.58. The molecule has 3 rings (SSSR count). The lowest BCUT2D eigenvalue weighted by molar-refractivity contribution is 0.142. The fourth-order valence-electron chi connectivity index (χ4n) is 2.42. The van der Waals surface area contributed by atoms with E-state index in [1.165, 1.54) is 5.56 Å². The van der Waals surface area contributed by atoms with Gasteiger partial charge in [0, 0.05) is 24.3 Å². The second-order valence-corrected chi connectivity index (χ2v) is 5.19. The van der Waals surface area contributed by atoms with Gasteiger partial charge in [-0.05, 0) is 44.0 Å². The van der Waals surface area contributed by atoms with Crippen LogP contribution in [0.25, 0.3) is 11.0 Å². The van der Waals surface area contributed by atoms with E-state index in [2.05, 4.69) is 11.2 Å². The van der Waals surface area contributed by atoms with Crippen molar-refractivity contribution in [2.75, 3.05) is 0 Å². The van der Waals surface area contributed by atoms with E-state index in [9.17, 15) is 5.11 Å². The number of fused-ring (bicyclic) bond motifs is 1. The van der Waals surface area contributed by atoms with Gasteiger partial charge < -0.3 is 9.52 Å². The van der Waals surface area contributed by atoms with Crippen LogP contribution in [0.5, 0.6) is 0 Å². The van der Waals surface area contributed by atoms with Crippen LogP contribution in [0.15, 0.2) is 40.9 Å². The molecular formula is C16H18N2O2. The molecule has 0 aliphatic rings. The number of nitrogens with zero attached hydrogens (tertiary/aromatic N) is 2. The fourth-order valence-corrected chi connectivity index (χ4v) is 2.42.